The molecular weight excluding hydrogens is 511 g/mol. The van der Waals surface area contributed by atoms with E-state index in [0.29, 0.717) is 11.3 Å². The van der Waals surface area contributed by atoms with E-state index in [2.05, 4.69) is 9.82 Å². The summed E-state index contributed by atoms with van der Waals surface area (Å²) in [4.78, 5) is 20.8. The maximum atomic E-state index is 14.0. The van der Waals surface area contributed by atoms with Gasteiger partial charge in [0.2, 0.25) is 0 Å². The first-order chi connectivity index (χ1) is 17.6. The van der Waals surface area contributed by atoms with Crippen LogP contribution >= 0.6 is 0 Å². The molecule has 8 nitrogen and oxygen atoms in total. The number of rotatable bonds is 7. The summed E-state index contributed by atoms with van der Waals surface area (Å²) in [5, 5.41) is -0.231. The number of hydrogen-bond acceptors (Lipinski definition) is 7. The van der Waals surface area contributed by atoms with Crippen LogP contribution in [-0.2, 0) is 27.6 Å². The van der Waals surface area contributed by atoms with Gasteiger partial charge < -0.3 is 9.57 Å². The van der Waals surface area contributed by atoms with Gasteiger partial charge in [-0.3, -0.25) is 9.29 Å². The molecule has 0 atom stereocenters. The third-order valence-electron chi connectivity index (χ3n) is 5.56. The summed E-state index contributed by atoms with van der Waals surface area (Å²) in [6, 6.07) is 16.4. The van der Waals surface area contributed by atoms with Crippen LogP contribution in [0.3, 0.4) is 0 Å². The van der Waals surface area contributed by atoms with Crippen LogP contribution in [0, 0.1) is 0 Å². The summed E-state index contributed by atoms with van der Waals surface area (Å²) in [6.45, 7) is -0.324. The molecule has 0 fully saturated rings. The number of benzene rings is 3. The maximum Gasteiger partial charge on any atom is 0.416 e. The molecule has 12 heteroatoms. The van der Waals surface area contributed by atoms with Crippen LogP contribution in [0.1, 0.15) is 21.5 Å². The number of nitrogens with zero attached hydrogens (tertiary/aromatic N) is 2. The SMILES string of the molecule is COc1ccc(S(=O)(=O)N(Cc2ccccc2)c2c(C(=O)ON)cnc3ccc(C(F)(F)F)cc23)cc1. The lowest BCUT2D eigenvalue weighted by Gasteiger charge is -2.27. The van der Waals surface area contributed by atoms with Crippen LogP contribution in [0.5, 0.6) is 5.75 Å². The molecule has 4 aromatic rings. The quantitative estimate of drug-likeness (QED) is 0.345. The van der Waals surface area contributed by atoms with E-state index in [1.807, 2.05) is 0 Å². The summed E-state index contributed by atoms with van der Waals surface area (Å²) in [6.07, 6.45) is -3.73. The van der Waals surface area contributed by atoms with E-state index >= 15 is 0 Å². The van der Waals surface area contributed by atoms with E-state index in [1.165, 1.54) is 31.4 Å². The normalized spacial score (nSPS) is 11.8. The van der Waals surface area contributed by atoms with E-state index in [0.717, 1.165) is 28.7 Å². The van der Waals surface area contributed by atoms with Crippen molar-refractivity contribution >= 4 is 32.6 Å². The topological polar surface area (TPSA) is 112 Å². The third-order valence-corrected chi connectivity index (χ3v) is 7.32. The zero-order valence-corrected chi connectivity index (χ0v) is 20.1. The van der Waals surface area contributed by atoms with Gasteiger partial charge in [0.25, 0.3) is 10.0 Å². The van der Waals surface area contributed by atoms with E-state index < -0.39 is 33.3 Å². The molecule has 0 spiro atoms. The number of nitrogens with two attached hydrogens (primary N) is 1. The number of anilines is 1. The van der Waals surface area contributed by atoms with Crippen LogP contribution in [0.15, 0.2) is 83.9 Å². The van der Waals surface area contributed by atoms with Gasteiger partial charge in [0.15, 0.2) is 0 Å². The number of aromatic nitrogens is 1. The largest absolute Gasteiger partial charge is 0.497 e. The Morgan fingerprint density at radius 1 is 1.03 bits per heavy atom. The molecule has 0 saturated carbocycles. The van der Waals surface area contributed by atoms with Gasteiger partial charge in [-0.05, 0) is 48.0 Å². The molecule has 1 heterocycles. The molecule has 0 aliphatic heterocycles. The minimum atomic E-state index is -4.74. The Bertz CT molecular complexity index is 1540. The van der Waals surface area contributed by atoms with Gasteiger partial charge in [-0.1, -0.05) is 30.3 Å². The lowest BCUT2D eigenvalue weighted by molar-refractivity contribution is -0.137. The number of hydrogen-bond donors (Lipinski definition) is 1. The van der Waals surface area contributed by atoms with Gasteiger partial charge in [0.05, 0.1) is 35.3 Å². The van der Waals surface area contributed by atoms with Crippen LogP contribution < -0.4 is 14.9 Å². The average molecular weight is 532 g/mol. The van der Waals surface area contributed by atoms with Gasteiger partial charge in [0.1, 0.15) is 11.3 Å². The Kier molecular flexibility index (Phi) is 7.05. The molecule has 0 amide bonds. The van der Waals surface area contributed by atoms with Gasteiger partial charge in [-0.25, -0.2) is 13.2 Å². The first kappa shape index (κ1) is 25.9. The summed E-state index contributed by atoms with van der Waals surface area (Å²) in [5.74, 6) is 4.30. The molecule has 0 bridgehead atoms. The van der Waals surface area contributed by atoms with Crippen molar-refractivity contribution in [1.82, 2.24) is 4.98 Å². The highest BCUT2D eigenvalue weighted by atomic mass is 32.2. The number of methoxy groups -OCH3 is 1. The molecular formula is C25H20F3N3O5S. The van der Waals surface area contributed by atoms with E-state index in [4.69, 9.17) is 10.6 Å². The summed E-state index contributed by atoms with van der Waals surface area (Å²) >= 11 is 0. The first-order valence-corrected chi connectivity index (χ1v) is 12.1. The highest BCUT2D eigenvalue weighted by Gasteiger charge is 2.34. The number of fused-ring (bicyclic) bond motifs is 1. The van der Waals surface area contributed by atoms with Crippen molar-refractivity contribution in [3.63, 3.8) is 0 Å². The fraction of sp³-hybridized carbons (Fsp3) is 0.120. The van der Waals surface area contributed by atoms with Crippen molar-refractivity contribution < 1.29 is 36.0 Å². The van der Waals surface area contributed by atoms with E-state index in [9.17, 15) is 26.4 Å². The summed E-state index contributed by atoms with van der Waals surface area (Å²) in [5.41, 5.74) is -1.31. The van der Waals surface area contributed by atoms with Crippen molar-refractivity contribution in [2.24, 2.45) is 5.90 Å². The number of ether oxygens (including phenoxy) is 1. The van der Waals surface area contributed by atoms with Crippen molar-refractivity contribution in [3.05, 3.63) is 95.7 Å². The molecule has 0 radical (unpaired) electrons. The summed E-state index contributed by atoms with van der Waals surface area (Å²) < 4.78 is 74.8. The van der Waals surface area contributed by atoms with Crippen LogP contribution in [0.4, 0.5) is 18.9 Å². The Labute approximate surface area is 210 Å². The van der Waals surface area contributed by atoms with Gasteiger partial charge in [-0.2, -0.15) is 19.1 Å². The van der Waals surface area contributed by atoms with E-state index in [-0.39, 0.29) is 28.0 Å². The lowest BCUT2D eigenvalue weighted by Crippen LogP contribution is -2.32. The minimum absolute atomic E-state index is 0.0274. The molecule has 192 valence electrons. The Morgan fingerprint density at radius 3 is 2.30 bits per heavy atom. The molecule has 0 saturated heterocycles. The van der Waals surface area contributed by atoms with E-state index in [1.54, 1.807) is 30.3 Å². The number of carbonyl (C=O) groups excluding carboxylic acids is 1. The number of alkyl halides is 3. The second kappa shape index (κ2) is 10.1. The van der Waals surface area contributed by atoms with Gasteiger partial charge >= 0.3 is 12.1 Å². The fourth-order valence-electron chi connectivity index (χ4n) is 3.74. The highest BCUT2D eigenvalue weighted by molar-refractivity contribution is 7.92. The van der Waals surface area contributed by atoms with Crippen molar-refractivity contribution in [2.45, 2.75) is 17.6 Å². The summed E-state index contributed by atoms with van der Waals surface area (Å²) in [7, 11) is -3.05. The van der Waals surface area contributed by atoms with Crippen molar-refractivity contribution in [2.75, 3.05) is 11.4 Å². The maximum absolute atomic E-state index is 14.0. The second-order valence-electron chi connectivity index (χ2n) is 7.83. The minimum Gasteiger partial charge on any atom is -0.497 e. The predicted molar refractivity (Wildman–Crippen MR) is 129 cm³/mol. The molecule has 4 rings (SSSR count). The van der Waals surface area contributed by atoms with Crippen molar-refractivity contribution in [1.29, 1.82) is 0 Å². The molecule has 37 heavy (non-hydrogen) atoms. The fourth-order valence-corrected chi connectivity index (χ4v) is 5.24. The average Bonchev–Trinajstić information content (AvgIpc) is 2.90. The number of pyridine rings is 1. The molecule has 0 unspecified atom stereocenters. The predicted octanol–water partition coefficient (Wildman–Crippen LogP) is 4.69. The Balaban J connectivity index is 2.06. The second-order valence-corrected chi connectivity index (χ2v) is 9.69. The lowest BCUT2D eigenvalue weighted by atomic mass is 10.1. The molecule has 1 aromatic heterocycles. The smallest absolute Gasteiger partial charge is 0.416 e. The molecule has 3 aromatic carbocycles. The number of carbonyl (C=O) groups is 1. The zero-order valence-electron chi connectivity index (χ0n) is 19.3. The number of halogens is 3. The standard InChI is InChI=1S/C25H20F3N3O5S/c1-35-18-8-10-19(11-9-18)37(33,34)31(15-16-5-3-2-4-6-16)23-20-13-17(25(26,27)28)7-12-22(20)30-14-21(23)24(32)36-29/h2-14H,15,29H2,1H3. The van der Waals surface area contributed by atoms with Crippen molar-refractivity contribution in [3.8, 4) is 5.75 Å². The molecule has 0 aliphatic rings. The first-order valence-electron chi connectivity index (χ1n) is 10.7. The van der Waals surface area contributed by atoms with Crippen LogP contribution in [0.25, 0.3) is 10.9 Å². The monoisotopic (exact) mass is 531 g/mol. The molecule has 2 N–H and O–H groups in total. The molecule has 0 aliphatic carbocycles. The Hall–Kier alpha value is -4.16. The highest BCUT2D eigenvalue weighted by Crippen LogP contribution is 2.39. The Morgan fingerprint density at radius 2 is 1.70 bits per heavy atom. The third kappa shape index (κ3) is 5.20. The van der Waals surface area contributed by atoms with Gasteiger partial charge in [0, 0.05) is 11.6 Å². The van der Waals surface area contributed by atoms with Crippen LogP contribution in [-0.4, -0.2) is 26.5 Å². The zero-order chi connectivity index (χ0) is 26.8. The number of sulfonamides is 1. The van der Waals surface area contributed by atoms with Gasteiger partial charge in [-0.15, -0.1) is 0 Å². The van der Waals surface area contributed by atoms with Crippen LogP contribution in [0.2, 0.25) is 0 Å².